The number of nitrogens with zero attached hydrogens (tertiary/aromatic N) is 3. The Labute approximate surface area is 106 Å². The Kier molecular flexibility index (Phi) is 4.13. The van der Waals surface area contributed by atoms with Crippen LogP contribution in [0.1, 0.15) is 25.0 Å². The van der Waals surface area contributed by atoms with Gasteiger partial charge in [-0.15, -0.1) is 0 Å². The fourth-order valence-electron chi connectivity index (χ4n) is 2.06. The van der Waals surface area contributed by atoms with Crippen LogP contribution in [0.3, 0.4) is 0 Å². The number of nitriles is 1. The molecule has 0 radical (unpaired) electrons. The molecule has 2 rings (SSSR count). The topological polar surface area (TPSA) is 69.0 Å². The zero-order valence-corrected chi connectivity index (χ0v) is 10.2. The Morgan fingerprint density at radius 3 is 2.94 bits per heavy atom. The molecule has 1 fully saturated rings. The van der Waals surface area contributed by atoms with Crippen molar-refractivity contribution >= 4 is 11.6 Å². The van der Waals surface area contributed by atoms with E-state index in [-0.39, 0.29) is 12.5 Å². The van der Waals surface area contributed by atoms with E-state index in [0.29, 0.717) is 11.4 Å². The number of hydrogen-bond donors (Lipinski definition) is 1. The average molecular weight is 244 g/mol. The van der Waals surface area contributed by atoms with Gasteiger partial charge in [-0.25, -0.2) is 4.98 Å². The van der Waals surface area contributed by atoms with E-state index in [2.05, 4.69) is 10.3 Å². The monoisotopic (exact) mass is 244 g/mol. The number of anilines is 1. The summed E-state index contributed by atoms with van der Waals surface area (Å²) in [5.41, 5.74) is 0.939. The van der Waals surface area contributed by atoms with Gasteiger partial charge < -0.3 is 10.2 Å². The summed E-state index contributed by atoms with van der Waals surface area (Å²) in [6.45, 7) is 1.91. The molecule has 2 heterocycles. The lowest BCUT2D eigenvalue weighted by Gasteiger charge is -2.26. The minimum atomic E-state index is 0.0856. The number of pyridine rings is 1. The van der Waals surface area contributed by atoms with Crippen molar-refractivity contribution in [3.63, 3.8) is 0 Å². The standard InChI is InChI=1S/C13H16N4O/c14-9-12-11(5-4-6-15-12)16-10-13(18)17-7-2-1-3-8-17/h4-6,16H,1-3,7-8,10H2. The van der Waals surface area contributed by atoms with Crippen molar-refractivity contribution in [2.75, 3.05) is 25.0 Å². The van der Waals surface area contributed by atoms with Crippen LogP contribution in [0.2, 0.25) is 0 Å². The SMILES string of the molecule is N#Cc1ncccc1NCC(=O)N1CCCCC1. The summed E-state index contributed by atoms with van der Waals surface area (Å²) in [4.78, 5) is 17.7. The predicted molar refractivity (Wildman–Crippen MR) is 67.9 cm³/mol. The molecule has 94 valence electrons. The lowest BCUT2D eigenvalue weighted by Crippen LogP contribution is -2.39. The third-order valence-corrected chi connectivity index (χ3v) is 3.05. The Morgan fingerprint density at radius 2 is 2.22 bits per heavy atom. The number of carbonyl (C=O) groups excluding carboxylic acids is 1. The fraction of sp³-hybridized carbons (Fsp3) is 0.462. The maximum absolute atomic E-state index is 11.9. The molecule has 1 aromatic heterocycles. The number of rotatable bonds is 3. The highest BCUT2D eigenvalue weighted by Gasteiger charge is 2.16. The van der Waals surface area contributed by atoms with E-state index in [1.807, 2.05) is 11.0 Å². The van der Waals surface area contributed by atoms with Gasteiger partial charge >= 0.3 is 0 Å². The van der Waals surface area contributed by atoms with E-state index < -0.39 is 0 Å². The molecular weight excluding hydrogens is 228 g/mol. The number of nitrogens with one attached hydrogen (secondary N) is 1. The summed E-state index contributed by atoms with van der Waals surface area (Å²) in [6, 6.07) is 5.50. The molecule has 0 aliphatic carbocycles. The van der Waals surface area contributed by atoms with Crippen LogP contribution >= 0.6 is 0 Å². The molecule has 0 spiro atoms. The molecule has 1 aromatic rings. The quantitative estimate of drug-likeness (QED) is 0.872. The van der Waals surface area contributed by atoms with Crippen molar-refractivity contribution < 1.29 is 4.79 Å². The van der Waals surface area contributed by atoms with E-state index in [0.717, 1.165) is 25.9 Å². The number of amides is 1. The summed E-state index contributed by atoms with van der Waals surface area (Å²) >= 11 is 0. The van der Waals surface area contributed by atoms with E-state index in [4.69, 9.17) is 5.26 Å². The van der Waals surface area contributed by atoms with Gasteiger partial charge in [0.2, 0.25) is 5.91 Å². The summed E-state index contributed by atoms with van der Waals surface area (Å²) in [6.07, 6.45) is 4.94. The van der Waals surface area contributed by atoms with Crippen molar-refractivity contribution in [3.8, 4) is 6.07 Å². The fourth-order valence-corrected chi connectivity index (χ4v) is 2.06. The van der Waals surface area contributed by atoms with Crippen LogP contribution in [-0.2, 0) is 4.79 Å². The van der Waals surface area contributed by atoms with Crippen molar-refractivity contribution in [1.29, 1.82) is 5.26 Å². The van der Waals surface area contributed by atoms with Gasteiger partial charge in [-0.05, 0) is 31.4 Å². The average Bonchev–Trinajstić information content (AvgIpc) is 2.46. The molecule has 18 heavy (non-hydrogen) atoms. The van der Waals surface area contributed by atoms with Gasteiger partial charge in [-0.1, -0.05) is 0 Å². The van der Waals surface area contributed by atoms with Crippen LogP contribution in [-0.4, -0.2) is 35.4 Å². The summed E-state index contributed by atoms with van der Waals surface area (Å²) in [5, 5.41) is 11.9. The van der Waals surface area contributed by atoms with Crippen molar-refractivity contribution in [3.05, 3.63) is 24.0 Å². The van der Waals surface area contributed by atoms with Gasteiger partial charge in [0.15, 0.2) is 5.69 Å². The molecule has 1 saturated heterocycles. The molecule has 1 N–H and O–H groups in total. The minimum absolute atomic E-state index is 0.0856. The van der Waals surface area contributed by atoms with Crippen LogP contribution < -0.4 is 5.32 Å². The van der Waals surface area contributed by atoms with Crippen LogP contribution in [0.25, 0.3) is 0 Å². The number of carbonyl (C=O) groups is 1. The van der Waals surface area contributed by atoms with Crippen molar-refractivity contribution in [2.45, 2.75) is 19.3 Å². The molecule has 5 nitrogen and oxygen atoms in total. The van der Waals surface area contributed by atoms with E-state index in [1.54, 1.807) is 18.3 Å². The van der Waals surface area contributed by atoms with Gasteiger partial charge in [-0.3, -0.25) is 4.79 Å². The molecule has 1 aliphatic rings. The van der Waals surface area contributed by atoms with Crippen LogP contribution in [0.5, 0.6) is 0 Å². The molecular formula is C13H16N4O. The van der Waals surface area contributed by atoms with E-state index in [1.165, 1.54) is 6.42 Å². The zero-order valence-electron chi connectivity index (χ0n) is 10.2. The van der Waals surface area contributed by atoms with Crippen LogP contribution in [0, 0.1) is 11.3 Å². The molecule has 5 heteroatoms. The maximum atomic E-state index is 11.9. The largest absolute Gasteiger partial charge is 0.374 e. The minimum Gasteiger partial charge on any atom is -0.374 e. The third-order valence-electron chi connectivity index (χ3n) is 3.05. The first-order valence-corrected chi connectivity index (χ1v) is 6.18. The molecule has 0 aromatic carbocycles. The van der Waals surface area contributed by atoms with Gasteiger partial charge in [0.25, 0.3) is 0 Å². The number of piperidine rings is 1. The molecule has 1 aliphatic heterocycles. The summed E-state index contributed by atoms with van der Waals surface area (Å²) < 4.78 is 0. The Balaban J connectivity index is 1.91. The number of aromatic nitrogens is 1. The first kappa shape index (κ1) is 12.4. The van der Waals surface area contributed by atoms with Gasteiger partial charge in [-0.2, -0.15) is 5.26 Å². The molecule has 0 saturated carbocycles. The van der Waals surface area contributed by atoms with Crippen molar-refractivity contribution in [2.24, 2.45) is 0 Å². The van der Waals surface area contributed by atoms with Gasteiger partial charge in [0.1, 0.15) is 6.07 Å². The first-order valence-electron chi connectivity index (χ1n) is 6.18. The zero-order chi connectivity index (χ0) is 12.8. The lowest BCUT2D eigenvalue weighted by atomic mass is 10.1. The molecule has 1 amide bonds. The smallest absolute Gasteiger partial charge is 0.241 e. The highest BCUT2D eigenvalue weighted by molar-refractivity contribution is 5.81. The highest BCUT2D eigenvalue weighted by Crippen LogP contribution is 2.12. The van der Waals surface area contributed by atoms with Crippen LogP contribution in [0.4, 0.5) is 5.69 Å². The second-order valence-corrected chi connectivity index (χ2v) is 4.31. The number of likely N-dealkylation sites (tertiary alicyclic amines) is 1. The second-order valence-electron chi connectivity index (χ2n) is 4.31. The first-order chi connectivity index (χ1) is 8.81. The number of hydrogen-bond acceptors (Lipinski definition) is 4. The lowest BCUT2D eigenvalue weighted by molar-refractivity contribution is -0.130. The van der Waals surface area contributed by atoms with Crippen molar-refractivity contribution in [1.82, 2.24) is 9.88 Å². The highest BCUT2D eigenvalue weighted by atomic mass is 16.2. The molecule has 0 unspecified atom stereocenters. The van der Waals surface area contributed by atoms with Gasteiger partial charge in [0.05, 0.1) is 12.2 Å². The van der Waals surface area contributed by atoms with E-state index in [9.17, 15) is 4.79 Å². The Hall–Kier alpha value is -2.09. The summed E-state index contributed by atoms with van der Waals surface area (Å²) in [5.74, 6) is 0.0856. The Bertz CT molecular complexity index is 460. The Morgan fingerprint density at radius 1 is 1.44 bits per heavy atom. The van der Waals surface area contributed by atoms with Gasteiger partial charge in [0, 0.05) is 19.3 Å². The molecule has 0 bridgehead atoms. The second kappa shape index (κ2) is 6.01. The summed E-state index contributed by atoms with van der Waals surface area (Å²) in [7, 11) is 0. The molecule has 0 atom stereocenters. The van der Waals surface area contributed by atoms with Crippen LogP contribution in [0.15, 0.2) is 18.3 Å². The normalized spacial score (nSPS) is 14.9. The third kappa shape index (κ3) is 2.98. The predicted octanol–water partition coefficient (Wildman–Crippen LogP) is 1.38. The maximum Gasteiger partial charge on any atom is 0.241 e. The van der Waals surface area contributed by atoms with E-state index >= 15 is 0 Å².